The SMILES string of the molecule is CCCCOC(=O)NCCCOc1nc(N)c([N+](=O)[O-])c(N(Cc2cccc(OCC(=O)OC)c2)C(=O)OCC)n1. The van der Waals surface area contributed by atoms with Gasteiger partial charge in [0.15, 0.2) is 6.61 Å². The van der Waals surface area contributed by atoms with Crippen LogP contribution in [0.3, 0.4) is 0 Å². The number of nitrogen functional groups attached to an aromatic ring is 1. The van der Waals surface area contributed by atoms with Gasteiger partial charge in [0, 0.05) is 6.54 Å². The molecule has 0 saturated carbocycles. The Morgan fingerprint density at radius 3 is 2.56 bits per heavy atom. The summed E-state index contributed by atoms with van der Waals surface area (Å²) in [5.74, 6) is -1.28. The van der Waals surface area contributed by atoms with Crippen molar-refractivity contribution in [2.75, 3.05) is 50.7 Å². The van der Waals surface area contributed by atoms with E-state index in [1.54, 1.807) is 25.1 Å². The number of nitrogens with one attached hydrogen (secondary N) is 1. The van der Waals surface area contributed by atoms with Gasteiger partial charge in [-0.2, -0.15) is 9.97 Å². The third-order valence-electron chi connectivity index (χ3n) is 5.17. The number of carbonyl (C=O) groups excluding carboxylic acids is 3. The van der Waals surface area contributed by atoms with Gasteiger partial charge in [-0.05, 0) is 37.5 Å². The summed E-state index contributed by atoms with van der Waals surface area (Å²) in [5, 5.41) is 14.5. The number of hydrogen-bond donors (Lipinski definition) is 2. The fourth-order valence-corrected chi connectivity index (χ4v) is 3.20. The van der Waals surface area contributed by atoms with Crippen molar-refractivity contribution >= 4 is 35.5 Å². The van der Waals surface area contributed by atoms with Crippen LogP contribution >= 0.6 is 0 Å². The lowest BCUT2D eigenvalue weighted by Crippen LogP contribution is -2.33. The van der Waals surface area contributed by atoms with Crippen LogP contribution in [0.2, 0.25) is 0 Å². The molecule has 1 aromatic heterocycles. The van der Waals surface area contributed by atoms with Crippen LogP contribution in [0.4, 0.5) is 26.9 Å². The monoisotopic (exact) mass is 578 g/mol. The second-order valence-corrected chi connectivity index (χ2v) is 8.24. The van der Waals surface area contributed by atoms with Crippen LogP contribution in [0.5, 0.6) is 11.8 Å². The van der Waals surface area contributed by atoms with E-state index in [2.05, 4.69) is 20.0 Å². The van der Waals surface area contributed by atoms with Crippen LogP contribution in [-0.4, -0.2) is 73.1 Å². The average Bonchev–Trinajstić information content (AvgIpc) is 2.94. The number of amides is 2. The zero-order valence-electron chi connectivity index (χ0n) is 23.1. The second kappa shape index (κ2) is 16.9. The Hall–Kier alpha value is -4.89. The topological polar surface area (TPSA) is 208 Å². The molecule has 0 saturated heterocycles. The minimum absolute atomic E-state index is 0.0188. The Morgan fingerprint density at radius 2 is 1.88 bits per heavy atom. The fourth-order valence-electron chi connectivity index (χ4n) is 3.20. The zero-order chi connectivity index (χ0) is 30.2. The molecule has 0 fully saturated rings. The van der Waals surface area contributed by atoms with Crippen LogP contribution in [0.15, 0.2) is 24.3 Å². The van der Waals surface area contributed by atoms with Gasteiger partial charge >= 0.3 is 29.9 Å². The largest absolute Gasteiger partial charge is 0.482 e. The summed E-state index contributed by atoms with van der Waals surface area (Å²) in [6, 6.07) is 6.03. The number of anilines is 2. The number of unbranched alkanes of at least 4 members (excludes halogenated alkanes) is 1. The standard InChI is InChI=1S/C25H34N6O10/c1-4-6-12-40-24(33)27-11-8-13-39-23-28-21(26)20(31(35)36)22(29-23)30(25(34)38-5-2)15-17-9-7-10-18(14-17)41-16-19(32)37-3/h7,9-10,14H,4-6,8,11-13,15-16H2,1-3H3,(H,27,33)(H2,26,28,29). The van der Waals surface area contributed by atoms with Crippen molar-refractivity contribution in [2.24, 2.45) is 0 Å². The molecule has 3 N–H and O–H groups in total. The van der Waals surface area contributed by atoms with Crippen molar-refractivity contribution in [1.82, 2.24) is 15.3 Å². The number of nitrogens with two attached hydrogens (primary N) is 1. The van der Waals surface area contributed by atoms with Crippen LogP contribution in [0.1, 0.15) is 38.7 Å². The minimum Gasteiger partial charge on any atom is -0.482 e. The fraction of sp³-hybridized carbons (Fsp3) is 0.480. The maximum atomic E-state index is 12.9. The molecule has 224 valence electrons. The summed E-state index contributed by atoms with van der Waals surface area (Å²) < 4.78 is 25.6. The number of ether oxygens (including phenoxy) is 5. The van der Waals surface area contributed by atoms with Gasteiger partial charge in [-0.3, -0.25) is 15.0 Å². The molecule has 2 aromatic rings. The first-order valence-corrected chi connectivity index (χ1v) is 12.8. The first-order valence-electron chi connectivity index (χ1n) is 12.8. The number of aromatic nitrogens is 2. The number of rotatable bonds is 16. The predicted octanol–water partition coefficient (Wildman–Crippen LogP) is 2.98. The van der Waals surface area contributed by atoms with E-state index in [1.807, 2.05) is 6.92 Å². The van der Waals surface area contributed by atoms with Crippen LogP contribution < -0.4 is 25.4 Å². The van der Waals surface area contributed by atoms with Gasteiger partial charge in [-0.25, -0.2) is 14.4 Å². The Balaban J connectivity index is 2.24. The molecule has 0 spiro atoms. The van der Waals surface area contributed by atoms with Gasteiger partial charge in [0.25, 0.3) is 0 Å². The number of nitrogens with zero attached hydrogens (tertiary/aromatic N) is 4. The van der Waals surface area contributed by atoms with Gasteiger partial charge in [0.2, 0.25) is 11.6 Å². The van der Waals surface area contributed by atoms with Crippen molar-refractivity contribution in [3.63, 3.8) is 0 Å². The summed E-state index contributed by atoms with van der Waals surface area (Å²) >= 11 is 0. The highest BCUT2D eigenvalue weighted by Crippen LogP contribution is 2.34. The molecule has 1 heterocycles. The molecule has 2 amide bonds. The minimum atomic E-state index is -0.939. The van der Waals surface area contributed by atoms with Crippen LogP contribution in [0.25, 0.3) is 0 Å². The van der Waals surface area contributed by atoms with Gasteiger partial charge in [-0.15, -0.1) is 0 Å². The third-order valence-corrected chi connectivity index (χ3v) is 5.17. The molecule has 1 aromatic carbocycles. The van der Waals surface area contributed by atoms with Gasteiger partial charge in [0.1, 0.15) is 5.75 Å². The Labute approximate surface area is 236 Å². The number of methoxy groups -OCH3 is 1. The molecule has 16 heteroatoms. The highest BCUT2D eigenvalue weighted by Gasteiger charge is 2.32. The van der Waals surface area contributed by atoms with E-state index < -0.39 is 40.4 Å². The molecule has 0 aliphatic heterocycles. The lowest BCUT2D eigenvalue weighted by atomic mass is 10.2. The predicted molar refractivity (Wildman–Crippen MR) is 145 cm³/mol. The van der Waals surface area contributed by atoms with Crippen molar-refractivity contribution in [2.45, 2.75) is 39.7 Å². The molecule has 16 nitrogen and oxygen atoms in total. The van der Waals surface area contributed by atoms with Gasteiger partial charge in [0.05, 0.1) is 38.4 Å². The lowest BCUT2D eigenvalue weighted by Gasteiger charge is -2.22. The molecule has 0 atom stereocenters. The van der Waals surface area contributed by atoms with E-state index >= 15 is 0 Å². The smallest absolute Gasteiger partial charge is 0.415 e. The first kappa shape index (κ1) is 32.3. The van der Waals surface area contributed by atoms with E-state index in [0.29, 0.717) is 24.3 Å². The maximum absolute atomic E-state index is 12.9. The number of alkyl carbamates (subject to hydrolysis) is 1. The molecule has 2 rings (SSSR count). The van der Waals surface area contributed by atoms with Crippen molar-refractivity contribution in [1.29, 1.82) is 0 Å². The second-order valence-electron chi connectivity index (χ2n) is 8.24. The Kier molecular flexibility index (Phi) is 13.4. The van der Waals surface area contributed by atoms with E-state index in [-0.39, 0.29) is 38.9 Å². The van der Waals surface area contributed by atoms with Gasteiger partial charge < -0.3 is 34.7 Å². The van der Waals surface area contributed by atoms with Crippen molar-refractivity contribution < 1.29 is 43.0 Å². The summed E-state index contributed by atoms with van der Waals surface area (Å²) in [4.78, 5) is 55.9. The lowest BCUT2D eigenvalue weighted by molar-refractivity contribution is -0.383. The number of benzene rings is 1. The Morgan fingerprint density at radius 1 is 1.10 bits per heavy atom. The molecule has 0 unspecified atom stereocenters. The maximum Gasteiger partial charge on any atom is 0.415 e. The first-order chi connectivity index (χ1) is 19.7. The van der Waals surface area contributed by atoms with Crippen LogP contribution in [0, 0.1) is 10.1 Å². The average molecular weight is 579 g/mol. The normalized spacial score (nSPS) is 10.3. The molecular weight excluding hydrogens is 544 g/mol. The molecule has 41 heavy (non-hydrogen) atoms. The van der Waals surface area contributed by atoms with Crippen molar-refractivity contribution in [3.8, 4) is 11.8 Å². The number of esters is 1. The van der Waals surface area contributed by atoms with E-state index in [4.69, 9.17) is 24.7 Å². The number of nitro groups is 1. The zero-order valence-corrected chi connectivity index (χ0v) is 23.1. The molecule has 0 radical (unpaired) electrons. The summed E-state index contributed by atoms with van der Waals surface area (Å²) in [6.45, 7) is 3.51. The Bertz CT molecular complexity index is 1200. The quantitative estimate of drug-likeness (QED) is 0.0966. The highest BCUT2D eigenvalue weighted by atomic mass is 16.6. The van der Waals surface area contributed by atoms with E-state index in [1.165, 1.54) is 13.2 Å². The summed E-state index contributed by atoms with van der Waals surface area (Å²) in [6.07, 6.45) is 0.494. The van der Waals surface area contributed by atoms with E-state index in [0.717, 1.165) is 17.7 Å². The number of hydrogen-bond acceptors (Lipinski definition) is 13. The highest BCUT2D eigenvalue weighted by molar-refractivity contribution is 5.90. The molecule has 0 bridgehead atoms. The molecule has 0 aliphatic carbocycles. The van der Waals surface area contributed by atoms with Crippen LogP contribution in [-0.2, 0) is 25.5 Å². The van der Waals surface area contributed by atoms with E-state index in [9.17, 15) is 24.5 Å². The van der Waals surface area contributed by atoms with Gasteiger partial charge in [-0.1, -0.05) is 25.5 Å². The number of carbonyl (C=O) groups is 3. The molecular formula is C25H34N6O10. The summed E-state index contributed by atoms with van der Waals surface area (Å²) in [5.41, 5.74) is 5.61. The third kappa shape index (κ3) is 10.7. The van der Waals surface area contributed by atoms with Crippen molar-refractivity contribution in [3.05, 3.63) is 39.9 Å². The molecule has 0 aliphatic rings. The summed E-state index contributed by atoms with van der Waals surface area (Å²) in [7, 11) is 1.22.